The maximum atomic E-state index is 12.6. The molecule has 0 spiro atoms. The Morgan fingerprint density at radius 2 is 2.05 bits per heavy atom. The lowest BCUT2D eigenvalue weighted by Crippen LogP contribution is -2.48. The Balaban J connectivity index is 2.57. The van der Waals surface area contributed by atoms with Gasteiger partial charge in [0, 0.05) is 26.2 Å². The first-order valence-corrected chi connectivity index (χ1v) is 7.75. The lowest BCUT2D eigenvalue weighted by Gasteiger charge is -2.36. The van der Waals surface area contributed by atoms with Crippen LogP contribution >= 0.6 is 0 Å². The SMILES string of the molecule is CC(C)(C)CC(CN)C(=O)N1CCCC(CNC(N)=O)C1. The minimum Gasteiger partial charge on any atom is -0.352 e. The molecule has 0 saturated carbocycles. The molecule has 1 fully saturated rings. The van der Waals surface area contributed by atoms with Gasteiger partial charge in [-0.25, -0.2) is 4.79 Å². The van der Waals surface area contributed by atoms with Gasteiger partial charge in [0.25, 0.3) is 0 Å². The number of hydrogen-bond acceptors (Lipinski definition) is 3. The van der Waals surface area contributed by atoms with Crippen molar-refractivity contribution in [3.8, 4) is 0 Å². The summed E-state index contributed by atoms with van der Waals surface area (Å²) in [7, 11) is 0. The second-order valence-corrected chi connectivity index (χ2v) is 7.24. The predicted molar refractivity (Wildman–Crippen MR) is 83.5 cm³/mol. The van der Waals surface area contributed by atoms with Crippen LogP contribution in [-0.4, -0.2) is 43.0 Å². The van der Waals surface area contributed by atoms with Crippen LogP contribution in [0.5, 0.6) is 0 Å². The van der Waals surface area contributed by atoms with E-state index in [9.17, 15) is 9.59 Å². The van der Waals surface area contributed by atoms with Crippen molar-refractivity contribution in [3.05, 3.63) is 0 Å². The lowest BCUT2D eigenvalue weighted by molar-refractivity contribution is -0.138. The Morgan fingerprint density at radius 3 is 2.57 bits per heavy atom. The number of urea groups is 1. The van der Waals surface area contributed by atoms with Crippen LogP contribution in [0.3, 0.4) is 0 Å². The van der Waals surface area contributed by atoms with Crippen molar-refractivity contribution in [2.75, 3.05) is 26.2 Å². The summed E-state index contributed by atoms with van der Waals surface area (Å²) >= 11 is 0. The Morgan fingerprint density at radius 1 is 1.38 bits per heavy atom. The number of nitrogens with zero attached hydrogens (tertiary/aromatic N) is 1. The highest BCUT2D eigenvalue weighted by Crippen LogP contribution is 2.26. The molecule has 0 aromatic rings. The van der Waals surface area contributed by atoms with Crippen molar-refractivity contribution in [2.45, 2.75) is 40.0 Å². The zero-order valence-electron chi connectivity index (χ0n) is 13.5. The topological polar surface area (TPSA) is 101 Å². The summed E-state index contributed by atoms with van der Waals surface area (Å²) in [6.45, 7) is 8.75. The number of hydrogen-bond donors (Lipinski definition) is 3. The molecule has 6 heteroatoms. The van der Waals surface area contributed by atoms with Crippen molar-refractivity contribution in [2.24, 2.45) is 28.7 Å². The van der Waals surface area contributed by atoms with Crippen LogP contribution in [0, 0.1) is 17.3 Å². The molecule has 6 nitrogen and oxygen atoms in total. The number of nitrogens with one attached hydrogen (secondary N) is 1. The van der Waals surface area contributed by atoms with Crippen molar-refractivity contribution >= 4 is 11.9 Å². The van der Waals surface area contributed by atoms with Crippen molar-refractivity contribution in [3.63, 3.8) is 0 Å². The number of likely N-dealkylation sites (tertiary alicyclic amines) is 1. The molecule has 21 heavy (non-hydrogen) atoms. The van der Waals surface area contributed by atoms with E-state index in [1.807, 2.05) is 4.90 Å². The number of piperidine rings is 1. The molecule has 122 valence electrons. The molecule has 1 heterocycles. The van der Waals surface area contributed by atoms with Crippen LogP contribution in [0.2, 0.25) is 0 Å². The fourth-order valence-electron chi connectivity index (χ4n) is 2.95. The molecule has 1 saturated heterocycles. The molecule has 2 unspecified atom stereocenters. The van der Waals surface area contributed by atoms with Crippen LogP contribution in [0.15, 0.2) is 0 Å². The van der Waals surface area contributed by atoms with Gasteiger partial charge in [-0.3, -0.25) is 4.79 Å². The molecule has 3 amide bonds. The molecule has 5 N–H and O–H groups in total. The quantitative estimate of drug-likeness (QED) is 0.703. The van der Waals surface area contributed by atoms with Gasteiger partial charge in [-0.15, -0.1) is 0 Å². The molecule has 1 aliphatic heterocycles. The van der Waals surface area contributed by atoms with Crippen LogP contribution < -0.4 is 16.8 Å². The molecular formula is C15H30N4O2. The summed E-state index contributed by atoms with van der Waals surface area (Å²) in [6, 6.07) is -0.508. The van der Waals surface area contributed by atoms with Crippen LogP contribution in [-0.2, 0) is 4.79 Å². The standard InChI is InChI=1S/C15H30N4O2/c1-15(2,3)7-12(8-16)13(20)19-6-4-5-11(10-19)9-18-14(17)21/h11-12H,4-10,16H2,1-3H3,(H3,17,18,21). The van der Waals surface area contributed by atoms with Gasteiger partial charge in [0.2, 0.25) is 5.91 Å². The first-order valence-electron chi connectivity index (χ1n) is 7.75. The van der Waals surface area contributed by atoms with E-state index in [2.05, 4.69) is 26.1 Å². The van der Waals surface area contributed by atoms with Gasteiger partial charge in [-0.1, -0.05) is 20.8 Å². The average molecular weight is 298 g/mol. The number of rotatable bonds is 5. The molecule has 1 rings (SSSR count). The fraction of sp³-hybridized carbons (Fsp3) is 0.867. The molecular weight excluding hydrogens is 268 g/mol. The highest BCUT2D eigenvalue weighted by atomic mass is 16.2. The fourth-order valence-corrected chi connectivity index (χ4v) is 2.95. The largest absolute Gasteiger partial charge is 0.352 e. The van der Waals surface area contributed by atoms with Gasteiger partial charge < -0.3 is 21.7 Å². The highest BCUT2D eigenvalue weighted by Gasteiger charge is 2.30. The molecule has 0 aliphatic carbocycles. The van der Waals surface area contributed by atoms with E-state index < -0.39 is 6.03 Å². The molecule has 0 aromatic carbocycles. The molecule has 2 atom stereocenters. The van der Waals surface area contributed by atoms with E-state index in [0.717, 1.165) is 25.8 Å². The van der Waals surface area contributed by atoms with Crippen molar-refractivity contribution in [1.29, 1.82) is 0 Å². The van der Waals surface area contributed by atoms with Gasteiger partial charge in [0.05, 0.1) is 5.92 Å². The van der Waals surface area contributed by atoms with E-state index in [1.165, 1.54) is 0 Å². The Hall–Kier alpha value is -1.30. The maximum Gasteiger partial charge on any atom is 0.312 e. The smallest absolute Gasteiger partial charge is 0.312 e. The number of nitrogens with two attached hydrogens (primary N) is 2. The van der Waals surface area contributed by atoms with E-state index in [-0.39, 0.29) is 23.2 Å². The zero-order chi connectivity index (χ0) is 16.0. The summed E-state index contributed by atoms with van der Waals surface area (Å²) in [5.74, 6) is 0.312. The zero-order valence-corrected chi connectivity index (χ0v) is 13.5. The van der Waals surface area contributed by atoms with Gasteiger partial charge in [0.1, 0.15) is 0 Å². The minimum absolute atomic E-state index is 0.0857. The normalized spacial score (nSPS) is 21.0. The number of primary amides is 1. The van der Waals surface area contributed by atoms with Gasteiger partial charge in [-0.2, -0.15) is 0 Å². The monoisotopic (exact) mass is 298 g/mol. The first-order chi connectivity index (χ1) is 9.73. The number of carbonyl (C=O) groups is 2. The molecule has 0 radical (unpaired) electrons. The molecule has 0 bridgehead atoms. The highest BCUT2D eigenvalue weighted by molar-refractivity contribution is 5.79. The van der Waals surface area contributed by atoms with E-state index in [1.54, 1.807) is 0 Å². The van der Waals surface area contributed by atoms with E-state index in [4.69, 9.17) is 11.5 Å². The van der Waals surface area contributed by atoms with Gasteiger partial charge in [0.15, 0.2) is 0 Å². The third kappa shape index (κ3) is 6.33. The van der Waals surface area contributed by atoms with Gasteiger partial charge >= 0.3 is 6.03 Å². The summed E-state index contributed by atoms with van der Waals surface area (Å²) < 4.78 is 0. The second-order valence-electron chi connectivity index (χ2n) is 7.24. The van der Waals surface area contributed by atoms with Crippen LogP contribution in [0.1, 0.15) is 40.0 Å². The van der Waals surface area contributed by atoms with E-state index in [0.29, 0.717) is 19.6 Å². The van der Waals surface area contributed by atoms with Gasteiger partial charge in [-0.05, 0) is 30.6 Å². The second kappa shape index (κ2) is 7.64. The molecule has 1 aliphatic rings. The number of amides is 3. The minimum atomic E-state index is -0.508. The van der Waals surface area contributed by atoms with Crippen LogP contribution in [0.25, 0.3) is 0 Å². The van der Waals surface area contributed by atoms with E-state index >= 15 is 0 Å². The third-order valence-electron chi connectivity index (χ3n) is 3.89. The predicted octanol–water partition coefficient (Wildman–Crippen LogP) is 0.904. The third-order valence-corrected chi connectivity index (χ3v) is 3.89. The van der Waals surface area contributed by atoms with Crippen molar-refractivity contribution in [1.82, 2.24) is 10.2 Å². The Labute approximate surface area is 127 Å². The molecule has 0 aromatic heterocycles. The summed E-state index contributed by atoms with van der Waals surface area (Å²) in [5, 5.41) is 2.63. The summed E-state index contributed by atoms with van der Waals surface area (Å²) in [6.07, 6.45) is 2.77. The maximum absolute atomic E-state index is 12.6. The Kier molecular flexibility index (Phi) is 6.45. The van der Waals surface area contributed by atoms with Crippen molar-refractivity contribution < 1.29 is 9.59 Å². The van der Waals surface area contributed by atoms with Crippen LogP contribution in [0.4, 0.5) is 4.79 Å². The first kappa shape index (κ1) is 17.8. The summed E-state index contributed by atoms with van der Waals surface area (Å²) in [5.41, 5.74) is 11.0. The lowest BCUT2D eigenvalue weighted by atomic mass is 9.83. The summed E-state index contributed by atoms with van der Waals surface area (Å²) in [4.78, 5) is 25.3. The number of carbonyl (C=O) groups excluding carboxylic acids is 2. The Bertz CT molecular complexity index is 365. The average Bonchev–Trinajstić information content (AvgIpc) is 2.41.